The second kappa shape index (κ2) is 7.61. The van der Waals surface area contributed by atoms with Crippen molar-refractivity contribution >= 4 is 23.1 Å². The Morgan fingerprint density at radius 3 is 2.65 bits per heavy atom. The van der Waals surface area contributed by atoms with E-state index in [1.807, 2.05) is 12.1 Å². The molecule has 1 N–H and O–H groups in total. The van der Waals surface area contributed by atoms with Gasteiger partial charge in [-0.05, 0) is 24.2 Å². The molecule has 6 heteroatoms. The molecule has 0 saturated carbocycles. The van der Waals surface area contributed by atoms with Gasteiger partial charge in [0, 0.05) is 11.3 Å². The zero-order chi connectivity index (χ0) is 14.4. The van der Waals surface area contributed by atoms with Crippen molar-refractivity contribution in [2.45, 2.75) is 29.5 Å². The summed E-state index contributed by atoms with van der Waals surface area (Å²) in [4.78, 5) is 0. The van der Waals surface area contributed by atoms with Crippen molar-refractivity contribution in [3.8, 4) is 5.75 Å². The molecular formula is C14H19N3OS2. The third-order valence-electron chi connectivity index (χ3n) is 3.00. The molecule has 0 radical (unpaired) electrons. The van der Waals surface area contributed by atoms with Crippen LogP contribution in [0.5, 0.6) is 5.75 Å². The Hall–Kier alpha value is -1.11. The lowest BCUT2D eigenvalue weighted by Gasteiger charge is -2.24. The van der Waals surface area contributed by atoms with Crippen molar-refractivity contribution in [2.24, 2.45) is 0 Å². The summed E-state index contributed by atoms with van der Waals surface area (Å²) in [6, 6.07) is 8.51. The molecule has 0 saturated heterocycles. The van der Waals surface area contributed by atoms with Crippen LogP contribution in [-0.4, -0.2) is 29.1 Å². The van der Waals surface area contributed by atoms with E-state index < -0.39 is 0 Å². The minimum absolute atomic E-state index is 0.278. The number of benzene rings is 1. The number of hydrogen-bond acceptors (Lipinski definition) is 6. The number of thioether (sulfide) groups is 1. The molecule has 1 heterocycles. The van der Waals surface area contributed by atoms with Crippen molar-refractivity contribution in [3.63, 3.8) is 0 Å². The van der Waals surface area contributed by atoms with Gasteiger partial charge in [0.05, 0.1) is 7.11 Å². The van der Waals surface area contributed by atoms with E-state index in [1.165, 1.54) is 5.56 Å². The van der Waals surface area contributed by atoms with Gasteiger partial charge in [0.15, 0.2) is 4.34 Å². The van der Waals surface area contributed by atoms with Crippen molar-refractivity contribution in [1.29, 1.82) is 0 Å². The first kappa shape index (κ1) is 15.3. The van der Waals surface area contributed by atoms with Crippen LogP contribution in [0.1, 0.15) is 25.5 Å². The molecule has 2 aromatic rings. The predicted octanol–water partition coefficient (Wildman–Crippen LogP) is 3.38. The molecule has 108 valence electrons. The van der Waals surface area contributed by atoms with Gasteiger partial charge in [-0.25, -0.2) is 0 Å². The Balaban J connectivity index is 2.11. The van der Waals surface area contributed by atoms with Crippen LogP contribution < -0.4 is 10.1 Å². The fraction of sp³-hybridized carbons (Fsp3) is 0.429. The van der Waals surface area contributed by atoms with E-state index in [2.05, 4.69) is 41.5 Å². The summed E-state index contributed by atoms with van der Waals surface area (Å²) in [6.45, 7) is 5.26. The van der Waals surface area contributed by atoms with Gasteiger partial charge in [-0.1, -0.05) is 49.1 Å². The zero-order valence-corrected chi connectivity index (χ0v) is 13.5. The molecule has 2 unspecified atom stereocenters. The molecule has 0 aliphatic carbocycles. The lowest BCUT2D eigenvalue weighted by molar-refractivity contribution is 0.414. The number of rotatable bonds is 7. The summed E-state index contributed by atoms with van der Waals surface area (Å²) in [5.74, 6) is 0.883. The fourth-order valence-corrected chi connectivity index (χ4v) is 3.91. The maximum absolute atomic E-state index is 5.21. The number of nitrogens with one attached hydrogen (secondary N) is 1. The van der Waals surface area contributed by atoms with Crippen LogP contribution in [0, 0.1) is 0 Å². The number of methoxy groups -OCH3 is 1. The summed E-state index contributed by atoms with van der Waals surface area (Å²) in [6.07, 6.45) is 0. The summed E-state index contributed by atoms with van der Waals surface area (Å²) in [5, 5.41) is 11.9. The monoisotopic (exact) mass is 309 g/mol. The van der Waals surface area contributed by atoms with Crippen molar-refractivity contribution < 1.29 is 4.74 Å². The quantitative estimate of drug-likeness (QED) is 0.795. The zero-order valence-electron chi connectivity index (χ0n) is 11.9. The Kier molecular flexibility index (Phi) is 5.82. The number of nitrogens with zero attached hydrogens (tertiary/aromatic N) is 2. The van der Waals surface area contributed by atoms with Gasteiger partial charge >= 0.3 is 0 Å². The van der Waals surface area contributed by atoms with Gasteiger partial charge in [-0.3, -0.25) is 0 Å². The van der Waals surface area contributed by atoms with Crippen molar-refractivity contribution in [1.82, 2.24) is 15.5 Å². The smallest absolute Gasteiger partial charge is 0.174 e. The van der Waals surface area contributed by atoms with Crippen LogP contribution in [0.25, 0.3) is 0 Å². The number of hydrogen-bond donors (Lipinski definition) is 1. The highest BCUT2D eigenvalue weighted by Crippen LogP contribution is 2.33. The molecule has 1 aromatic carbocycles. The van der Waals surface area contributed by atoms with Crippen molar-refractivity contribution in [2.75, 3.05) is 13.7 Å². The molecule has 1 aromatic heterocycles. The Morgan fingerprint density at radius 2 is 2.10 bits per heavy atom. The Labute approximate surface area is 128 Å². The lowest BCUT2D eigenvalue weighted by atomic mass is 10.0. The first-order chi connectivity index (χ1) is 9.74. The molecule has 0 fully saturated rings. The second-order valence-corrected chi connectivity index (χ2v) is 6.79. The first-order valence-electron chi connectivity index (χ1n) is 6.54. The van der Waals surface area contributed by atoms with E-state index in [4.69, 9.17) is 4.74 Å². The molecule has 0 amide bonds. The molecule has 2 atom stereocenters. The molecule has 0 aliphatic rings. The van der Waals surface area contributed by atoms with E-state index in [1.54, 1.807) is 35.7 Å². The molecule has 20 heavy (non-hydrogen) atoms. The third kappa shape index (κ3) is 3.94. The average molecular weight is 309 g/mol. The molecule has 2 rings (SSSR count). The van der Waals surface area contributed by atoms with Gasteiger partial charge in [0.2, 0.25) is 0 Å². The van der Waals surface area contributed by atoms with E-state index in [-0.39, 0.29) is 6.04 Å². The van der Waals surface area contributed by atoms with Crippen LogP contribution >= 0.6 is 23.1 Å². The molecule has 0 spiro atoms. The first-order valence-corrected chi connectivity index (χ1v) is 8.30. The Morgan fingerprint density at radius 1 is 1.35 bits per heavy atom. The number of ether oxygens (including phenoxy) is 1. The van der Waals surface area contributed by atoms with Crippen LogP contribution in [0.2, 0.25) is 0 Å². The highest BCUT2D eigenvalue weighted by Gasteiger charge is 2.20. The highest BCUT2D eigenvalue weighted by molar-refractivity contribution is 8.01. The molecular weight excluding hydrogens is 290 g/mol. The normalized spacial score (nSPS) is 13.9. The van der Waals surface area contributed by atoms with Gasteiger partial charge in [-0.2, -0.15) is 0 Å². The highest BCUT2D eigenvalue weighted by atomic mass is 32.2. The van der Waals surface area contributed by atoms with E-state index >= 15 is 0 Å². The molecule has 4 nitrogen and oxygen atoms in total. The Bertz CT molecular complexity index is 502. The second-order valence-electron chi connectivity index (χ2n) is 4.34. The van der Waals surface area contributed by atoms with E-state index in [0.717, 1.165) is 16.6 Å². The predicted molar refractivity (Wildman–Crippen MR) is 84.6 cm³/mol. The SMILES string of the molecule is CCNC(c1ccc(OC)cc1)C(C)Sc1nncs1. The van der Waals surface area contributed by atoms with Gasteiger partial charge in [-0.15, -0.1) is 10.2 Å². The average Bonchev–Trinajstić information content (AvgIpc) is 2.97. The van der Waals surface area contributed by atoms with Gasteiger partial charge < -0.3 is 10.1 Å². The third-order valence-corrected chi connectivity index (χ3v) is 4.98. The van der Waals surface area contributed by atoms with Gasteiger partial charge in [0.25, 0.3) is 0 Å². The summed E-state index contributed by atoms with van der Waals surface area (Å²) in [5.41, 5.74) is 3.03. The maximum atomic E-state index is 5.21. The van der Waals surface area contributed by atoms with Gasteiger partial charge in [0.1, 0.15) is 11.3 Å². The fourth-order valence-electron chi connectivity index (χ4n) is 2.03. The largest absolute Gasteiger partial charge is 0.497 e. The lowest BCUT2D eigenvalue weighted by Crippen LogP contribution is -2.28. The minimum atomic E-state index is 0.278. The summed E-state index contributed by atoms with van der Waals surface area (Å²) < 4.78 is 6.22. The standard InChI is InChI=1S/C14H19N3OS2/c1-4-15-13(10(2)20-14-17-16-9-19-14)11-5-7-12(18-3)8-6-11/h5-10,13,15H,4H2,1-3H3. The van der Waals surface area contributed by atoms with E-state index in [0.29, 0.717) is 5.25 Å². The van der Waals surface area contributed by atoms with E-state index in [9.17, 15) is 0 Å². The molecule has 0 aliphatic heterocycles. The topological polar surface area (TPSA) is 47.0 Å². The van der Waals surface area contributed by atoms with Crippen LogP contribution in [0.4, 0.5) is 0 Å². The summed E-state index contributed by atoms with van der Waals surface area (Å²) in [7, 11) is 1.69. The minimum Gasteiger partial charge on any atom is -0.497 e. The summed E-state index contributed by atoms with van der Waals surface area (Å²) >= 11 is 3.34. The molecule has 0 bridgehead atoms. The van der Waals surface area contributed by atoms with Crippen LogP contribution in [0.15, 0.2) is 34.1 Å². The van der Waals surface area contributed by atoms with Crippen molar-refractivity contribution in [3.05, 3.63) is 35.3 Å². The maximum Gasteiger partial charge on any atom is 0.174 e. The number of aromatic nitrogens is 2. The van der Waals surface area contributed by atoms with Crippen LogP contribution in [0.3, 0.4) is 0 Å². The van der Waals surface area contributed by atoms with Crippen LogP contribution in [-0.2, 0) is 0 Å².